The van der Waals surface area contributed by atoms with E-state index in [1.54, 1.807) is 6.07 Å². The summed E-state index contributed by atoms with van der Waals surface area (Å²) >= 11 is 0. The molecule has 11 heterocycles. The van der Waals surface area contributed by atoms with Crippen LogP contribution in [0, 0.1) is 63.1 Å². The van der Waals surface area contributed by atoms with Gasteiger partial charge in [-0.1, -0.05) is 222 Å². The maximum absolute atomic E-state index is 12.5. The van der Waals surface area contributed by atoms with Crippen LogP contribution in [0.25, 0.3) is 0 Å². The van der Waals surface area contributed by atoms with Gasteiger partial charge in [0.2, 0.25) is 0 Å². The van der Waals surface area contributed by atoms with Gasteiger partial charge in [-0.25, -0.2) is 13.7 Å². The molecule has 0 spiro atoms. The Balaban J connectivity index is 0.000000308. The molecular weight excluding hydrogens is 2100 g/mol. The van der Waals surface area contributed by atoms with Gasteiger partial charge in [0, 0.05) is 30.0 Å². The predicted molar refractivity (Wildman–Crippen MR) is 563 cm³/mol. The zero-order valence-electron chi connectivity index (χ0n) is 91.4. The minimum atomic E-state index is -5.62. The molecule has 11 aliphatic heterocycles. The van der Waals surface area contributed by atoms with Gasteiger partial charge in [-0.15, -0.1) is 0 Å². The van der Waals surface area contributed by atoms with E-state index in [0.717, 1.165) is 0 Å². The number of ether oxygens (including phenoxy) is 7. The Morgan fingerprint density at radius 1 is 0.354 bits per heavy atom. The molecule has 12 N–H and O–H groups in total. The number of hydrogen-bond acceptors (Lipinski definition) is 38. The van der Waals surface area contributed by atoms with Gasteiger partial charge in [-0.2, -0.15) is 29.7 Å². The number of aliphatic hydroxyl groups excluding tert-OH is 7. The molecule has 0 saturated carbocycles. The molecule has 14 unspecified atom stereocenters. The van der Waals surface area contributed by atoms with Crippen LogP contribution in [0.4, 0.5) is 0 Å². The summed E-state index contributed by atoms with van der Waals surface area (Å²) in [6.07, 6.45) is -12.4. The number of Topliss-reactive ketones (excluding diaryl/α,β-unsaturated/α-hetero) is 1. The zero-order chi connectivity index (χ0) is 113. The molecule has 828 valence electrons. The quantitative estimate of drug-likeness (QED) is 0.0232. The van der Waals surface area contributed by atoms with Gasteiger partial charge in [0.05, 0.1) is 125 Å². The van der Waals surface area contributed by atoms with Crippen LogP contribution in [0.5, 0.6) is 0 Å². The highest BCUT2D eigenvalue weighted by atomic mass is 31.3. The van der Waals surface area contributed by atoms with Gasteiger partial charge in [-0.3, -0.25) is 9.32 Å². The highest BCUT2D eigenvalue weighted by Gasteiger charge is 2.69. The molecule has 0 aliphatic carbocycles. The number of phosphoric acid groups is 3. The summed E-state index contributed by atoms with van der Waals surface area (Å²) in [6.45, 7) is 68.5. The fourth-order valence-electron chi connectivity index (χ4n) is 20.5. The number of nitriles is 4. The van der Waals surface area contributed by atoms with Gasteiger partial charge in [0.15, 0.2) is 11.4 Å². The van der Waals surface area contributed by atoms with Crippen LogP contribution in [-0.2, 0) is 117 Å². The van der Waals surface area contributed by atoms with Crippen LogP contribution in [0.2, 0.25) is 88.7 Å². The summed E-state index contributed by atoms with van der Waals surface area (Å²) in [6, 6.07) is 1.36. The Hall–Kier alpha value is -0.850. The fourth-order valence-corrected chi connectivity index (χ4v) is 68.4. The number of ketones is 1. The number of aliphatic hydroxyl groups is 8. The molecule has 0 bridgehead atoms. The zero-order valence-corrected chi connectivity index (χ0v) is 102. The largest absolute Gasteiger partial charge is 0.490 e. The lowest BCUT2D eigenvalue weighted by Crippen LogP contribution is -2.67. The molecule has 60 heteroatoms. The lowest BCUT2D eigenvalue weighted by molar-refractivity contribution is -0.125. The molecule has 42 nitrogen and oxygen atoms in total. The van der Waals surface area contributed by atoms with Crippen LogP contribution < -0.4 is 0 Å². The highest BCUT2D eigenvalue weighted by molar-refractivity contribution is 7.66. The molecule has 0 aromatic heterocycles. The number of carbonyl (C=O) groups is 1. The van der Waals surface area contributed by atoms with Crippen LogP contribution >= 0.6 is 23.5 Å². The molecule has 11 saturated heterocycles. The molecule has 11 fully saturated rings. The summed E-state index contributed by atoms with van der Waals surface area (Å²) < 4.78 is 163. The van der Waals surface area contributed by atoms with Gasteiger partial charge < -0.3 is 145 Å². The van der Waals surface area contributed by atoms with Crippen molar-refractivity contribution in [1.82, 2.24) is 0 Å². The maximum atomic E-state index is 12.5. The second-order valence-electron chi connectivity index (χ2n) is 44.0. The van der Waals surface area contributed by atoms with Crippen LogP contribution in [0.3, 0.4) is 0 Å². The Morgan fingerprint density at radius 2 is 0.653 bits per heavy atom. The first-order valence-corrected chi connectivity index (χ1v) is 71.0. The van der Waals surface area contributed by atoms with E-state index in [4.69, 9.17) is 186 Å². The molecule has 0 aromatic carbocycles. The van der Waals surface area contributed by atoms with Crippen molar-refractivity contribution in [2.24, 2.45) is 17.8 Å². The number of phosphoric ester groups is 1. The first-order valence-electron chi connectivity index (χ1n) is 50.7. The molecule has 0 amide bonds. The Morgan fingerprint density at radius 3 is 0.973 bits per heavy atom. The van der Waals surface area contributed by atoms with E-state index in [0.29, 0.717) is 19.8 Å². The monoisotopic (exact) mass is 2270 g/mol. The topological polar surface area (TPSA) is 609 Å². The number of carbonyl (C=O) groups excluding carboxylic acids is 1. The van der Waals surface area contributed by atoms with E-state index in [1.807, 2.05) is 12.1 Å². The molecule has 0 aromatic rings. The van der Waals surface area contributed by atoms with Crippen molar-refractivity contribution < 1.29 is 177 Å². The SMILES string of the molecule is [B][C@@H]1O[C@@H]2CO[Si](C(C)C)(C(C)C)O[Si](C(C)C)(C(C)C)OC2C1(O)C#N.[B][C@@H]1O[C@@H]2CO[Si](C(C)C)(C(C)C)O[Si](C(C)C)(C(C)C)OC2C1=O.[B][C@@H]1O[C@@H]2CO[Si](C(C)C)(C(C)C)O[Si](C(C)C)(C(C)C)OC2C1O.[B][C@@H]1O[C@@H]2CO[Si](C(C)C)(C(C)C)O[Si](C(C)C)(C(C)C)O[C@H]2C1C#N.[B][C@@H]1O[C@H](CO)C(O)C1C#N.[B][C@@H]1O[C@H](CO)C(O)C1O.[B][C@@H]1O[C@H](COP(=O)(O)OP(=O)(O)OP(=O)(O)O)C(O)C1C#N. The smallest absolute Gasteiger partial charge is 0.414 e. The van der Waals surface area contributed by atoms with E-state index in [-0.39, 0.29) is 126 Å². The van der Waals surface area contributed by atoms with Crippen molar-refractivity contribution in [3.05, 3.63) is 0 Å². The number of hydrogen-bond donors (Lipinski definition) is 12. The maximum Gasteiger partial charge on any atom is 0.490 e. The lowest BCUT2D eigenvalue weighted by Gasteiger charge is -2.51. The van der Waals surface area contributed by atoms with Gasteiger partial charge in [0.1, 0.15) is 128 Å². The average molecular weight is 2270 g/mol. The van der Waals surface area contributed by atoms with Crippen LogP contribution in [0.1, 0.15) is 222 Å². The summed E-state index contributed by atoms with van der Waals surface area (Å²) in [4.78, 5) is 47.3. The van der Waals surface area contributed by atoms with Gasteiger partial charge >= 0.3 is 92.0 Å². The lowest BCUT2D eigenvalue weighted by atomic mass is 9.81. The van der Waals surface area contributed by atoms with E-state index < -0.39 is 249 Å². The summed E-state index contributed by atoms with van der Waals surface area (Å²) in [7, 11) is 1.87. The van der Waals surface area contributed by atoms with Gasteiger partial charge in [0.25, 0.3) is 0 Å². The van der Waals surface area contributed by atoms with Crippen LogP contribution in [0.15, 0.2) is 0 Å². The van der Waals surface area contributed by atoms with Crippen molar-refractivity contribution in [3.63, 3.8) is 0 Å². The van der Waals surface area contributed by atoms with E-state index >= 15 is 0 Å². The van der Waals surface area contributed by atoms with Crippen molar-refractivity contribution >= 4 is 153 Å². The first kappa shape index (κ1) is 137. The van der Waals surface area contributed by atoms with Gasteiger partial charge in [-0.05, 0) is 88.7 Å². The standard InChI is InChI=1S/C18H34BNO5Si2.C18H34BNO4Si2.C17H35BO5Si2.C17H33BO5Si2.C6H11BNO12P3.C6H8BNO3.C5H9BO4/c1-11(2)26(12(3)4)22-9-15-16(18(21,10-20)17(19)23-15)24-27(25-26,13(5)6)14(7)8;1-11(2)25(12(3)4)21-10-16-17(15(9-20)18(19)22-16)23-26(24-25,13(5)6)14(7)8;2*1-10(2)24(11(3)4)20-9-14-16(15(19)17(18)21-14)22-25(23-24,12(5)6)13(7)8;7-6-3(1-8)5(9)4(18-6)2-17-22(13,14)20-23(15,16)19-21(10,11)12;7-6-3(1-8)5(10)4(2-9)11-6;6-5-4(9)3(8)2(1-7)10-5/h11-17,21H,9H2,1-8H3;11-18H,10H2,1-8H3;10-17,19H,9H2,1-8H3;10-14,16-17H,9H2,1-8H3;3-6,9H,2H2,(H,13,14)(H,15,16)(H2,10,11,12);3-6,9-10H,2H2;2-5,7-9H,1H2/t15-,16?,17-,18?;15?,16-,17+,18-;14-,15?,16?,17-;14-,16?,17-;2*3?,4-,5?,6-;2-,3?,4?,5-/m1111111/s1. The fraction of sp³-hybridized carbons (Fsp3) is 0.943. The van der Waals surface area contributed by atoms with Crippen LogP contribution in [-0.4, -0.2) is 381 Å². The third-order valence-corrected chi connectivity index (χ3v) is 73.7. The normalized spacial score (nSPS) is 35.9. The number of nitrogens with zero attached hydrogens (tertiary/aromatic N) is 4. The highest BCUT2D eigenvalue weighted by Crippen LogP contribution is 2.67. The molecule has 14 radical (unpaired) electrons. The summed E-state index contributed by atoms with van der Waals surface area (Å²) in [5.41, 5.74) is 1.67. The van der Waals surface area contributed by atoms with E-state index in [2.05, 4.69) is 241 Å². The second-order valence-corrected chi connectivity index (χ2v) is 83.8. The average Bonchev–Trinajstić information content (AvgIpc) is 1.62. The molecule has 11 rings (SSSR count). The summed E-state index contributed by atoms with van der Waals surface area (Å²) in [5.74, 6) is -2.56. The van der Waals surface area contributed by atoms with Crippen molar-refractivity contribution in [2.45, 2.75) is 456 Å². The predicted octanol–water partition coefficient (Wildman–Crippen LogP) is 8.36. The van der Waals surface area contributed by atoms with E-state index in [9.17, 15) is 54.3 Å². The Bertz CT molecular complexity index is 4410. The third-order valence-electron chi connectivity index (χ3n) is 28.9. The first-order chi connectivity index (χ1) is 67.5. The number of rotatable bonds is 25. The van der Waals surface area contributed by atoms with Crippen molar-refractivity contribution in [3.8, 4) is 24.3 Å². The number of fused-ring (bicyclic) bond motifs is 4. The minimum absolute atomic E-state index is 0.101. The molecule has 147 heavy (non-hydrogen) atoms. The second kappa shape index (κ2) is 55.5. The molecule has 29 atom stereocenters. The van der Waals surface area contributed by atoms with Crippen molar-refractivity contribution in [2.75, 3.05) is 46.2 Å². The molecular formula is C87H164B7N4O38P3Si8. The van der Waals surface area contributed by atoms with Crippen molar-refractivity contribution in [1.29, 1.82) is 21.0 Å². The Labute approximate surface area is 889 Å². The summed E-state index contributed by atoms with van der Waals surface area (Å²) in [5, 5.41) is 112. The Kier molecular flexibility index (Phi) is 51.6. The van der Waals surface area contributed by atoms with E-state index in [1.165, 1.54) is 0 Å². The minimum Gasteiger partial charge on any atom is -0.414 e. The molecule has 11 aliphatic rings. The third kappa shape index (κ3) is 30.9.